The number of sulfone groups is 1. The molecule has 8 heteroatoms. The first-order valence-electron chi connectivity index (χ1n) is 6.05. The molecule has 0 unspecified atom stereocenters. The van der Waals surface area contributed by atoms with Gasteiger partial charge in [-0.1, -0.05) is 29.3 Å². The van der Waals surface area contributed by atoms with Crippen molar-refractivity contribution in [3.63, 3.8) is 0 Å². The highest BCUT2D eigenvalue weighted by molar-refractivity contribution is 7.91. The number of aromatic amines is 1. The summed E-state index contributed by atoms with van der Waals surface area (Å²) in [6.07, 6.45) is 1.15. The zero-order valence-electron chi connectivity index (χ0n) is 11.7. The van der Waals surface area contributed by atoms with Crippen molar-refractivity contribution in [1.29, 1.82) is 0 Å². The molecule has 2 aromatic rings. The van der Waals surface area contributed by atoms with Crippen LogP contribution in [0.2, 0.25) is 10.0 Å². The summed E-state index contributed by atoms with van der Waals surface area (Å²) in [7, 11) is -3.41. The number of nitrogens with zero attached hydrogens (tertiary/aromatic N) is 1. The molecule has 114 valence electrons. The van der Waals surface area contributed by atoms with Crippen LogP contribution in [0.3, 0.4) is 0 Å². The van der Waals surface area contributed by atoms with Crippen LogP contribution >= 0.6 is 23.2 Å². The monoisotopic (exact) mass is 347 g/mol. The van der Waals surface area contributed by atoms with E-state index >= 15 is 0 Å². The van der Waals surface area contributed by atoms with Crippen molar-refractivity contribution in [3.05, 3.63) is 33.9 Å². The fraction of sp³-hybridized carbons (Fsp3) is 0.308. The molecule has 0 aliphatic carbocycles. The molecule has 0 fully saturated rings. The Balaban J connectivity index is 2.82. The number of rotatable bonds is 3. The van der Waals surface area contributed by atoms with E-state index in [0.717, 1.165) is 6.26 Å². The number of benzene rings is 1. The molecule has 0 saturated heterocycles. The van der Waals surface area contributed by atoms with Gasteiger partial charge in [0.05, 0.1) is 21.3 Å². The second-order valence-corrected chi connectivity index (χ2v) is 8.62. The summed E-state index contributed by atoms with van der Waals surface area (Å²) in [5, 5.41) is 7.38. The van der Waals surface area contributed by atoms with E-state index in [4.69, 9.17) is 28.9 Å². The van der Waals surface area contributed by atoms with E-state index in [1.165, 1.54) is 0 Å². The first-order chi connectivity index (χ1) is 9.57. The molecule has 2 rings (SSSR count). The summed E-state index contributed by atoms with van der Waals surface area (Å²) in [5.74, 6) is 0.150. The van der Waals surface area contributed by atoms with Crippen LogP contribution in [-0.2, 0) is 14.6 Å². The third-order valence-corrected chi connectivity index (χ3v) is 6.22. The van der Waals surface area contributed by atoms with Crippen molar-refractivity contribution in [2.24, 2.45) is 0 Å². The van der Waals surface area contributed by atoms with Crippen molar-refractivity contribution in [2.45, 2.75) is 18.6 Å². The highest BCUT2D eigenvalue weighted by Crippen LogP contribution is 2.43. The van der Waals surface area contributed by atoms with Crippen LogP contribution in [0.15, 0.2) is 18.2 Å². The van der Waals surface area contributed by atoms with Crippen LogP contribution in [0.1, 0.15) is 19.5 Å². The lowest BCUT2D eigenvalue weighted by molar-refractivity contribution is 0.556. The lowest BCUT2D eigenvalue weighted by atomic mass is 9.98. The van der Waals surface area contributed by atoms with Crippen LogP contribution in [0.4, 0.5) is 5.82 Å². The van der Waals surface area contributed by atoms with Crippen LogP contribution in [0, 0.1) is 0 Å². The molecule has 0 aliphatic heterocycles. The van der Waals surface area contributed by atoms with Gasteiger partial charge in [-0.2, -0.15) is 5.10 Å². The van der Waals surface area contributed by atoms with Gasteiger partial charge in [-0.3, -0.25) is 5.10 Å². The van der Waals surface area contributed by atoms with Crippen molar-refractivity contribution in [2.75, 3.05) is 12.0 Å². The Bertz CT molecular complexity index is 777. The molecule has 0 aliphatic rings. The number of nitrogen functional groups attached to an aromatic ring is 1. The van der Waals surface area contributed by atoms with Gasteiger partial charge in [0.1, 0.15) is 4.75 Å². The Labute approximate surface area is 133 Å². The minimum absolute atomic E-state index is 0.150. The molecule has 0 spiro atoms. The standard InChI is InChI=1S/C13H15Cl2N3O2S/c1-13(2,21(3,19)20)11-10(12(16)18-17-11)9-7(14)5-4-6-8(9)15/h4-6H,1-3H3,(H3,16,17,18). The van der Waals surface area contributed by atoms with Gasteiger partial charge >= 0.3 is 0 Å². The molecular weight excluding hydrogens is 333 g/mol. The summed E-state index contributed by atoms with van der Waals surface area (Å²) >= 11 is 12.4. The second-order valence-electron chi connectivity index (χ2n) is 5.24. The Hall–Kier alpha value is -1.24. The quantitative estimate of drug-likeness (QED) is 0.891. The fourth-order valence-corrected chi connectivity index (χ4v) is 3.07. The molecule has 0 radical (unpaired) electrons. The minimum atomic E-state index is -3.41. The largest absolute Gasteiger partial charge is 0.382 e. The average Bonchev–Trinajstić information content (AvgIpc) is 2.70. The Morgan fingerprint density at radius 3 is 2.19 bits per heavy atom. The summed E-state index contributed by atoms with van der Waals surface area (Å²) in [4.78, 5) is 0. The molecule has 1 aromatic heterocycles. The maximum atomic E-state index is 12.1. The first-order valence-corrected chi connectivity index (χ1v) is 8.70. The van der Waals surface area contributed by atoms with Gasteiger partial charge in [-0.15, -0.1) is 0 Å². The molecule has 0 bridgehead atoms. The lowest BCUT2D eigenvalue weighted by Crippen LogP contribution is -2.29. The highest BCUT2D eigenvalue weighted by Gasteiger charge is 2.38. The Morgan fingerprint density at radius 1 is 1.19 bits per heavy atom. The predicted octanol–water partition coefficient (Wildman–Crippen LogP) is 3.25. The summed E-state index contributed by atoms with van der Waals surface area (Å²) in [5.41, 5.74) is 7.14. The summed E-state index contributed by atoms with van der Waals surface area (Å²) < 4.78 is 22.9. The van der Waals surface area contributed by atoms with E-state index in [2.05, 4.69) is 10.2 Å². The normalized spacial score (nSPS) is 12.6. The van der Waals surface area contributed by atoms with Gasteiger partial charge in [0, 0.05) is 11.8 Å². The number of hydrogen-bond acceptors (Lipinski definition) is 4. The summed E-state index contributed by atoms with van der Waals surface area (Å²) in [6.45, 7) is 3.15. The minimum Gasteiger partial charge on any atom is -0.382 e. The van der Waals surface area contributed by atoms with Gasteiger partial charge < -0.3 is 5.73 Å². The van der Waals surface area contributed by atoms with Crippen LogP contribution in [0.25, 0.3) is 11.1 Å². The maximum Gasteiger partial charge on any atom is 0.158 e. The molecule has 0 saturated carbocycles. The number of H-pyrrole nitrogens is 1. The maximum absolute atomic E-state index is 12.1. The van der Waals surface area contributed by atoms with Gasteiger partial charge in [0.15, 0.2) is 15.7 Å². The van der Waals surface area contributed by atoms with Gasteiger partial charge in [-0.05, 0) is 26.0 Å². The van der Waals surface area contributed by atoms with Crippen LogP contribution < -0.4 is 5.73 Å². The number of anilines is 1. The van der Waals surface area contributed by atoms with Crippen LogP contribution in [-0.4, -0.2) is 24.9 Å². The van der Waals surface area contributed by atoms with E-state index in [1.807, 2.05) is 0 Å². The summed E-state index contributed by atoms with van der Waals surface area (Å²) in [6, 6.07) is 5.02. The highest BCUT2D eigenvalue weighted by atomic mass is 35.5. The third kappa shape index (κ3) is 2.63. The number of halogens is 2. The zero-order chi connectivity index (χ0) is 16.0. The van der Waals surface area contributed by atoms with E-state index in [-0.39, 0.29) is 5.82 Å². The zero-order valence-corrected chi connectivity index (χ0v) is 14.1. The van der Waals surface area contributed by atoms with Gasteiger partial charge in [0.2, 0.25) is 0 Å². The first kappa shape index (κ1) is 16.1. The molecule has 21 heavy (non-hydrogen) atoms. The Morgan fingerprint density at radius 2 is 1.71 bits per heavy atom. The molecular formula is C13H15Cl2N3O2S. The van der Waals surface area contributed by atoms with E-state index in [0.29, 0.717) is 26.9 Å². The second kappa shape index (κ2) is 5.19. The van der Waals surface area contributed by atoms with Crippen LogP contribution in [0.5, 0.6) is 0 Å². The SMILES string of the molecule is CC(C)(c1[nH]nc(N)c1-c1c(Cl)cccc1Cl)S(C)(=O)=O. The molecule has 5 nitrogen and oxygen atoms in total. The van der Waals surface area contributed by atoms with Gasteiger partial charge in [0.25, 0.3) is 0 Å². The number of aromatic nitrogens is 2. The number of nitrogens with one attached hydrogen (secondary N) is 1. The Kier molecular flexibility index (Phi) is 3.99. The van der Waals surface area contributed by atoms with Crippen molar-refractivity contribution in [1.82, 2.24) is 10.2 Å². The predicted molar refractivity (Wildman–Crippen MR) is 86.3 cm³/mol. The van der Waals surface area contributed by atoms with E-state index in [9.17, 15) is 8.42 Å². The molecule has 1 aromatic carbocycles. The average molecular weight is 348 g/mol. The van der Waals surface area contributed by atoms with Crippen molar-refractivity contribution < 1.29 is 8.42 Å². The van der Waals surface area contributed by atoms with Crippen molar-refractivity contribution >= 4 is 38.9 Å². The topological polar surface area (TPSA) is 88.8 Å². The molecule has 0 atom stereocenters. The molecule has 0 amide bonds. The van der Waals surface area contributed by atoms with E-state index < -0.39 is 14.6 Å². The lowest BCUT2D eigenvalue weighted by Gasteiger charge is -2.23. The number of nitrogens with two attached hydrogens (primary N) is 1. The third-order valence-electron chi connectivity index (χ3n) is 3.54. The molecule has 1 heterocycles. The van der Waals surface area contributed by atoms with Gasteiger partial charge in [-0.25, -0.2) is 8.42 Å². The smallest absolute Gasteiger partial charge is 0.158 e. The fourth-order valence-electron chi connectivity index (χ4n) is 1.97. The van der Waals surface area contributed by atoms with Crippen molar-refractivity contribution in [3.8, 4) is 11.1 Å². The van der Waals surface area contributed by atoms with E-state index in [1.54, 1.807) is 32.0 Å². The molecule has 3 N–H and O–H groups in total. The number of hydrogen-bond donors (Lipinski definition) is 2.